The maximum atomic E-state index is 7.49. The molecule has 0 amide bonds. The molecule has 1 aliphatic rings. The molecule has 0 unspecified atom stereocenters. The second kappa shape index (κ2) is 9.61. The van der Waals surface area contributed by atoms with Crippen molar-refractivity contribution in [1.82, 2.24) is 4.98 Å². The number of thiazole rings is 1. The number of anilines is 2. The van der Waals surface area contributed by atoms with Crippen molar-refractivity contribution in [3.63, 3.8) is 0 Å². The molecule has 3 aromatic carbocycles. The standard InChI is InChI=1S/C29H33N3OSSi/c1-29(2,3)35(24-15-9-5-10-16-24,25-17-11-6-12-18-25)33-23-19-27(26-21-34-28(30)31-26)32(20-23)22-13-7-4-8-14-22/h4-18,21,23,27H,19-20H2,1-3H3,(H2,30,31)/t23-,27-/m1/s1. The molecule has 180 valence electrons. The molecule has 0 aliphatic carbocycles. The summed E-state index contributed by atoms with van der Waals surface area (Å²) in [6.45, 7) is 7.82. The van der Waals surface area contributed by atoms with Gasteiger partial charge >= 0.3 is 0 Å². The van der Waals surface area contributed by atoms with Crippen molar-refractivity contribution < 1.29 is 4.43 Å². The van der Waals surface area contributed by atoms with E-state index in [0.29, 0.717) is 5.13 Å². The number of aromatic nitrogens is 1. The molecule has 1 fully saturated rings. The highest BCUT2D eigenvalue weighted by Crippen LogP contribution is 2.43. The third-order valence-electron chi connectivity index (χ3n) is 6.99. The fraction of sp³-hybridized carbons (Fsp3) is 0.276. The lowest BCUT2D eigenvalue weighted by atomic mass is 10.1. The van der Waals surface area contributed by atoms with Crippen LogP contribution in [0.5, 0.6) is 0 Å². The van der Waals surface area contributed by atoms with Crippen molar-refractivity contribution in [2.24, 2.45) is 0 Å². The first-order valence-corrected chi connectivity index (χ1v) is 15.0. The van der Waals surface area contributed by atoms with E-state index in [9.17, 15) is 0 Å². The van der Waals surface area contributed by atoms with Gasteiger partial charge in [0.25, 0.3) is 8.32 Å². The highest BCUT2D eigenvalue weighted by Gasteiger charge is 2.52. The van der Waals surface area contributed by atoms with E-state index >= 15 is 0 Å². The maximum Gasteiger partial charge on any atom is 0.261 e. The molecule has 6 heteroatoms. The Morgan fingerprint density at radius 1 is 0.886 bits per heavy atom. The zero-order valence-corrected chi connectivity index (χ0v) is 22.4. The van der Waals surface area contributed by atoms with Crippen LogP contribution in [0.15, 0.2) is 96.4 Å². The van der Waals surface area contributed by atoms with Gasteiger partial charge in [0.2, 0.25) is 0 Å². The minimum Gasteiger partial charge on any atom is -0.403 e. The normalized spacial score (nSPS) is 18.7. The van der Waals surface area contributed by atoms with Crippen LogP contribution in [0.4, 0.5) is 10.8 Å². The van der Waals surface area contributed by atoms with E-state index in [1.54, 1.807) is 0 Å². The van der Waals surface area contributed by atoms with Crippen LogP contribution in [-0.4, -0.2) is 26.0 Å². The largest absolute Gasteiger partial charge is 0.403 e. The first-order chi connectivity index (χ1) is 16.9. The van der Waals surface area contributed by atoms with Crippen LogP contribution in [0, 0.1) is 0 Å². The Morgan fingerprint density at radius 3 is 1.91 bits per heavy atom. The molecule has 4 aromatic rings. The third kappa shape index (κ3) is 4.54. The van der Waals surface area contributed by atoms with Gasteiger partial charge < -0.3 is 15.1 Å². The first-order valence-electron chi connectivity index (χ1n) is 12.2. The molecule has 2 heterocycles. The zero-order chi connectivity index (χ0) is 24.5. The molecule has 0 spiro atoms. The number of para-hydroxylation sites is 1. The molecule has 1 saturated heterocycles. The predicted octanol–water partition coefficient (Wildman–Crippen LogP) is 5.62. The molecule has 0 radical (unpaired) electrons. The highest BCUT2D eigenvalue weighted by molar-refractivity contribution is 7.13. The van der Waals surface area contributed by atoms with E-state index in [2.05, 4.69) is 127 Å². The Kier molecular flexibility index (Phi) is 6.53. The van der Waals surface area contributed by atoms with E-state index < -0.39 is 8.32 Å². The Bertz CT molecular complexity index is 1200. The molecule has 35 heavy (non-hydrogen) atoms. The minimum atomic E-state index is -2.64. The van der Waals surface area contributed by atoms with Gasteiger partial charge in [0.05, 0.1) is 17.8 Å². The van der Waals surface area contributed by atoms with E-state index in [0.717, 1.165) is 18.7 Å². The highest BCUT2D eigenvalue weighted by atomic mass is 32.1. The summed E-state index contributed by atoms with van der Waals surface area (Å²) in [5, 5.41) is 5.28. The van der Waals surface area contributed by atoms with Gasteiger partial charge in [-0.3, -0.25) is 0 Å². The first kappa shape index (κ1) is 23.8. The average Bonchev–Trinajstić information content (AvgIpc) is 3.49. The summed E-state index contributed by atoms with van der Waals surface area (Å²) in [4.78, 5) is 7.12. The molecule has 5 rings (SSSR count). The smallest absolute Gasteiger partial charge is 0.261 e. The van der Waals surface area contributed by atoms with Gasteiger partial charge in [-0.15, -0.1) is 11.3 Å². The van der Waals surface area contributed by atoms with Crippen LogP contribution in [0.3, 0.4) is 0 Å². The fourth-order valence-corrected chi connectivity index (χ4v) is 10.8. The molecule has 0 bridgehead atoms. The number of hydrogen-bond donors (Lipinski definition) is 1. The van der Waals surface area contributed by atoms with Crippen molar-refractivity contribution in [2.45, 2.75) is 44.4 Å². The molecular weight excluding hydrogens is 466 g/mol. The van der Waals surface area contributed by atoms with Gasteiger partial charge in [-0.05, 0) is 27.5 Å². The number of nitrogens with two attached hydrogens (primary N) is 1. The van der Waals surface area contributed by atoms with Gasteiger partial charge in [-0.1, -0.05) is 99.6 Å². The lowest BCUT2D eigenvalue weighted by molar-refractivity contribution is 0.205. The number of rotatable bonds is 6. The van der Waals surface area contributed by atoms with Gasteiger partial charge in [-0.2, -0.15) is 0 Å². The monoisotopic (exact) mass is 499 g/mol. The second-order valence-corrected chi connectivity index (χ2v) is 15.4. The van der Waals surface area contributed by atoms with Crippen molar-refractivity contribution in [1.29, 1.82) is 0 Å². The number of nitrogens with zero attached hydrogens (tertiary/aromatic N) is 2. The van der Waals surface area contributed by atoms with Crippen LogP contribution in [0.1, 0.15) is 38.9 Å². The van der Waals surface area contributed by atoms with Gasteiger partial charge in [0, 0.05) is 24.0 Å². The molecule has 4 nitrogen and oxygen atoms in total. The van der Waals surface area contributed by atoms with Gasteiger partial charge in [-0.25, -0.2) is 4.98 Å². The summed E-state index contributed by atoms with van der Waals surface area (Å²) in [7, 11) is -2.64. The van der Waals surface area contributed by atoms with Crippen LogP contribution < -0.4 is 21.0 Å². The molecular formula is C29H33N3OSSi. The lowest BCUT2D eigenvalue weighted by Gasteiger charge is -2.44. The number of benzene rings is 3. The van der Waals surface area contributed by atoms with Crippen LogP contribution >= 0.6 is 11.3 Å². The summed E-state index contributed by atoms with van der Waals surface area (Å²) in [6.07, 6.45) is 0.942. The molecule has 0 saturated carbocycles. The van der Waals surface area contributed by atoms with E-state index in [-0.39, 0.29) is 17.2 Å². The number of hydrogen-bond acceptors (Lipinski definition) is 5. The quantitative estimate of drug-likeness (QED) is 0.350. The fourth-order valence-electron chi connectivity index (χ4n) is 5.46. The van der Waals surface area contributed by atoms with Crippen molar-refractivity contribution in [3.05, 3.63) is 102 Å². The average molecular weight is 500 g/mol. The summed E-state index contributed by atoms with van der Waals surface area (Å²) in [5.41, 5.74) is 8.26. The Morgan fingerprint density at radius 2 is 1.43 bits per heavy atom. The Labute approximate surface area is 213 Å². The lowest BCUT2D eigenvalue weighted by Crippen LogP contribution is -2.67. The van der Waals surface area contributed by atoms with Crippen molar-refractivity contribution in [3.8, 4) is 0 Å². The van der Waals surface area contributed by atoms with Crippen molar-refractivity contribution >= 4 is 40.8 Å². The van der Waals surface area contributed by atoms with Gasteiger partial charge in [0.1, 0.15) is 0 Å². The SMILES string of the molecule is CC(C)(C)[Si](O[C@@H]1C[C@H](c2csc(N)n2)N(c2ccccc2)C1)(c1ccccc1)c1ccccc1. The molecule has 1 aromatic heterocycles. The molecule has 2 N–H and O–H groups in total. The van der Waals surface area contributed by atoms with Crippen LogP contribution in [0.25, 0.3) is 0 Å². The minimum absolute atomic E-state index is 0.0591. The predicted molar refractivity (Wildman–Crippen MR) is 150 cm³/mol. The van der Waals surface area contributed by atoms with E-state index in [1.165, 1.54) is 27.4 Å². The van der Waals surface area contributed by atoms with E-state index in [1.807, 2.05) is 0 Å². The molecule has 2 atom stereocenters. The Hall–Kier alpha value is -2.93. The third-order valence-corrected chi connectivity index (χ3v) is 12.8. The summed E-state index contributed by atoms with van der Waals surface area (Å²) in [5.74, 6) is 0. The molecule has 1 aliphatic heterocycles. The van der Waals surface area contributed by atoms with Gasteiger partial charge in [0.15, 0.2) is 5.13 Å². The Balaban J connectivity index is 1.58. The summed E-state index contributed by atoms with van der Waals surface area (Å²) in [6, 6.07) is 32.5. The zero-order valence-electron chi connectivity index (χ0n) is 20.6. The van der Waals surface area contributed by atoms with Crippen LogP contribution in [-0.2, 0) is 4.43 Å². The topological polar surface area (TPSA) is 51.4 Å². The van der Waals surface area contributed by atoms with E-state index in [4.69, 9.17) is 10.2 Å². The summed E-state index contributed by atoms with van der Waals surface area (Å²) >= 11 is 1.51. The van der Waals surface area contributed by atoms with Crippen molar-refractivity contribution in [2.75, 3.05) is 17.2 Å². The number of nitrogen functional groups attached to an aromatic ring is 1. The maximum absolute atomic E-state index is 7.49. The van der Waals surface area contributed by atoms with Crippen LogP contribution in [0.2, 0.25) is 5.04 Å². The summed E-state index contributed by atoms with van der Waals surface area (Å²) < 4.78 is 7.49. The second-order valence-electron chi connectivity index (χ2n) is 10.3.